The zero-order valence-electron chi connectivity index (χ0n) is 16.1. The molecule has 0 atom stereocenters. The quantitative estimate of drug-likeness (QED) is 0.455. The first-order valence-electron chi connectivity index (χ1n) is 8.99. The Labute approximate surface area is 176 Å². The van der Waals surface area contributed by atoms with E-state index in [1.54, 1.807) is 12.1 Å². The van der Waals surface area contributed by atoms with Crippen LogP contribution in [0.15, 0.2) is 56.5 Å². The molecule has 29 heavy (non-hydrogen) atoms. The number of benzene rings is 3. The Bertz CT molecular complexity index is 1330. The fourth-order valence-corrected chi connectivity index (χ4v) is 5.50. The highest BCUT2D eigenvalue weighted by Gasteiger charge is 2.23. The third-order valence-corrected chi connectivity index (χ3v) is 7.12. The summed E-state index contributed by atoms with van der Waals surface area (Å²) in [4.78, 5) is 2.15. The maximum Gasteiger partial charge on any atom is 0.262 e. The molecule has 0 aliphatic carbocycles. The number of rotatable bonds is 5. The van der Waals surface area contributed by atoms with Crippen LogP contribution in [0.3, 0.4) is 0 Å². The minimum atomic E-state index is -3.91. The summed E-state index contributed by atoms with van der Waals surface area (Å²) in [5.41, 5.74) is 3.01. The number of nitrogens with one attached hydrogen (secondary N) is 1. The first-order chi connectivity index (χ1) is 13.8. The van der Waals surface area contributed by atoms with Gasteiger partial charge in [-0.05, 0) is 56.4 Å². The Hall–Kier alpha value is -2.65. The van der Waals surface area contributed by atoms with Gasteiger partial charge < -0.3 is 4.90 Å². The van der Waals surface area contributed by atoms with Crippen molar-refractivity contribution in [1.29, 1.82) is 0 Å². The van der Waals surface area contributed by atoms with Gasteiger partial charge >= 0.3 is 0 Å². The Morgan fingerprint density at radius 1 is 1.10 bits per heavy atom. The first kappa shape index (κ1) is 19.7. The SMILES string of the molecule is CCc1cc2nonc2c(NS(=O)(=O)c2cccc3c(N(C)C)cccc23)c1Br. The molecule has 4 aromatic rings. The van der Waals surface area contributed by atoms with Gasteiger partial charge in [-0.2, -0.15) is 0 Å². The lowest BCUT2D eigenvalue weighted by Gasteiger charge is -2.17. The summed E-state index contributed by atoms with van der Waals surface area (Å²) in [6, 6.07) is 12.7. The predicted molar refractivity (Wildman–Crippen MR) is 118 cm³/mol. The molecular weight excluding hydrogens is 456 g/mol. The second-order valence-electron chi connectivity index (χ2n) is 6.84. The monoisotopic (exact) mass is 474 g/mol. The van der Waals surface area contributed by atoms with Crippen molar-refractivity contribution in [1.82, 2.24) is 10.3 Å². The summed E-state index contributed by atoms with van der Waals surface area (Å²) in [5, 5.41) is 9.25. The van der Waals surface area contributed by atoms with Crippen molar-refractivity contribution >= 4 is 59.1 Å². The molecule has 0 aliphatic rings. The summed E-state index contributed by atoms with van der Waals surface area (Å²) >= 11 is 3.51. The Balaban J connectivity index is 1.90. The maximum atomic E-state index is 13.4. The molecule has 1 N–H and O–H groups in total. The van der Waals surface area contributed by atoms with Crippen molar-refractivity contribution in [2.45, 2.75) is 18.2 Å². The minimum absolute atomic E-state index is 0.192. The standard InChI is InChI=1S/C20H19BrN4O3S/c1-4-12-11-15-19(23-28-22-15)20(18(12)21)24-29(26,27)17-10-6-7-13-14(17)8-5-9-16(13)25(2)3/h5-11,24H,4H2,1-3H3. The lowest BCUT2D eigenvalue weighted by Crippen LogP contribution is -2.15. The predicted octanol–water partition coefficient (Wildman–Crippen LogP) is 4.57. The zero-order valence-corrected chi connectivity index (χ0v) is 18.5. The van der Waals surface area contributed by atoms with E-state index in [1.165, 1.54) is 0 Å². The van der Waals surface area contributed by atoms with Gasteiger partial charge in [0.15, 0.2) is 5.52 Å². The molecule has 0 amide bonds. The van der Waals surface area contributed by atoms with E-state index in [0.717, 1.165) is 16.6 Å². The Morgan fingerprint density at radius 3 is 2.55 bits per heavy atom. The second kappa shape index (κ2) is 7.31. The molecule has 0 saturated heterocycles. The lowest BCUT2D eigenvalue weighted by molar-refractivity contribution is 0.315. The van der Waals surface area contributed by atoms with E-state index in [4.69, 9.17) is 4.63 Å². The maximum absolute atomic E-state index is 13.4. The van der Waals surface area contributed by atoms with Crippen LogP contribution in [0.1, 0.15) is 12.5 Å². The average Bonchev–Trinajstić information content (AvgIpc) is 3.17. The number of sulfonamides is 1. The number of hydrogen-bond donors (Lipinski definition) is 1. The number of anilines is 2. The molecule has 1 aromatic heterocycles. The molecular formula is C20H19BrN4O3S. The third-order valence-electron chi connectivity index (χ3n) is 4.81. The molecule has 4 rings (SSSR count). The fourth-order valence-electron chi connectivity index (χ4n) is 3.39. The van der Waals surface area contributed by atoms with E-state index in [-0.39, 0.29) is 4.90 Å². The van der Waals surface area contributed by atoms with Crippen LogP contribution in [0.25, 0.3) is 21.8 Å². The molecule has 9 heteroatoms. The molecule has 0 bridgehead atoms. The minimum Gasteiger partial charge on any atom is -0.377 e. The third kappa shape index (κ3) is 3.34. The molecule has 0 unspecified atom stereocenters. The van der Waals surface area contributed by atoms with Crippen LogP contribution in [-0.4, -0.2) is 32.8 Å². The van der Waals surface area contributed by atoms with Gasteiger partial charge in [0.25, 0.3) is 10.0 Å². The highest BCUT2D eigenvalue weighted by Crippen LogP contribution is 2.36. The van der Waals surface area contributed by atoms with Crippen molar-refractivity contribution in [3.05, 3.63) is 52.5 Å². The van der Waals surface area contributed by atoms with Crippen LogP contribution in [0.4, 0.5) is 11.4 Å². The van der Waals surface area contributed by atoms with Crippen molar-refractivity contribution in [2.24, 2.45) is 0 Å². The number of aryl methyl sites for hydroxylation is 1. The Kier molecular flexibility index (Phi) is 4.95. The molecule has 150 valence electrons. The van der Waals surface area contributed by atoms with E-state index in [0.29, 0.717) is 33.0 Å². The van der Waals surface area contributed by atoms with Crippen LogP contribution in [-0.2, 0) is 16.4 Å². The molecule has 0 aliphatic heterocycles. The number of hydrogen-bond acceptors (Lipinski definition) is 6. The van der Waals surface area contributed by atoms with E-state index < -0.39 is 10.0 Å². The molecule has 0 radical (unpaired) electrons. The number of fused-ring (bicyclic) bond motifs is 2. The van der Waals surface area contributed by atoms with Crippen molar-refractivity contribution in [3.63, 3.8) is 0 Å². The van der Waals surface area contributed by atoms with Crippen molar-refractivity contribution in [3.8, 4) is 0 Å². The van der Waals surface area contributed by atoms with Gasteiger partial charge in [0.2, 0.25) is 0 Å². The molecule has 7 nitrogen and oxygen atoms in total. The van der Waals surface area contributed by atoms with E-state index >= 15 is 0 Å². The average molecular weight is 475 g/mol. The van der Waals surface area contributed by atoms with Crippen LogP contribution in [0.5, 0.6) is 0 Å². The molecule has 0 saturated carbocycles. The van der Waals surface area contributed by atoms with E-state index in [1.807, 2.05) is 56.3 Å². The highest BCUT2D eigenvalue weighted by atomic mass is 79.9. The normalized spacial score (nSPS) is 11.9. The van der Waals surface area contributed by atoms with E-state index in [2.05, 4.69) is 31.0 Å². The smallest absolute Gasteiger partial charge is 0.262 e. The number of aromatic nitrogens is 2. The van der Waals surface area contributed by atoms with Crippen LogP contribution >= 0.6 is 15.9 Å². The van der Waals surface area contributed by atoms with Gasteiger partial charge in [-0.25, -0.2) is 13.0 Å². The number of halogens is 1. The summed E-state index contributed by atoms with van der Waals surface area (Å²) in [6.07, 6.45) is 0.693. The van der Waals surface area contributed by atoms with E-state index in [9.17, 15) is 8.42 Å². The van der Waals surface area contributed by atoms with Gasteiger partial charge in [-0.3, -0.25) is 4.72 Å². The highest BCUT2D eigenvalue weighted by molar-refractivity contribution is 9.10. The number of nitrogens with zero attached hydrogens (tertiary/aromatic N) is 3. The molecule has 0 fully saturated rings. The van der Waals surface area contributed by atoms with Gasteiger partial charge in [-0.15, -0.1) is 0 Å². The van der Waals surface area contributed by atoms with Gasteiger partial charge in [-0.1, -0.05) is 31.2 Å². The fraction of sp³-hybridized carbons (Fsp3) is 0.200. The van der Waals surface area contributed by atoms with Gasteiger partial charge in [0.05, 0.1) is 10.6 Å². The second-order valence-corrected chi connectivity index (χ2v) is 9.28. The largest absolute Gasteiger partial charge is 0.377 e. The molecule has 1 heterocycles. The van der Waals surface area contributed by atoms with Crippen LogP contribution in [0.2, 0.25) is 0 Å². The zero-order chi connectivity index (χ0) is 20.8. The lowest BCUT2D eigenvalue weighted by atomic mass is 10.1. The van der Waals surface area contributed by atoms with Gasteiger partial charge in [0, 0.05) is 35.0 Å². The molecule has 3 aromatic carbocycles. The van der Waals surface area contributed by atoms with Crippen LogP contribution in [0, 0.1) is 0 Å². The summed E-state index contributed by atoms with van der Waals surface area (Å²) in [6.45, 7) is 1.98. The van der Waals surface area contributed by atoms with Crippen molar-refractivity contribution < 1.29 is 13.0 Å². The van der Waals surface area contributed by atoms with Crippen LogP contribution < -0.4 is 9.62 Å². The Morgan fingerprint density at radius 2 is 1.83 bits per heavy atom. The van der Waals surface area contributed by atoms with Gasteiger partial charge in [0.1, 0.15) is 5.52 Å². The van der Waals surface area contributed by atoms with Crippen molar-refractivity contribution in [2.75, 3.05) is 23.7 Å². The first-order valence-corrected chi connectivity index (χ1v) is 11.3. The summed E-state index contributed by atoms with van der Waals surface area (Å²) < 4.78 is 34.9. The summed E-state index contributed by atoms with van der Waals surface area (Å²) in [5.74, 6) is 0. The summed E-state index contributed by atoms with van der Waals surface area (Å²) in [7, 11) is -0.0543. The molecule has 0 spiro atoms. The topological polar surface area (TPSA) is 88.3 Å².